The molecule has 9 nitrogen and oxygen atoms in total. The van der Waals surface area contributed by atoms with E-state index in [1.807, 2.05) is 32.6 Å². The number of rotatable bonds is 10. The number of carbonyl (C=O) groups excluding carboxylic acids is 3. The summed E-state index contributed by atoms with van der Waals surface area (Å²) in [5, 5.41) is 1.73. The number of esters is 1. The summed E-state index contributed by atoms with van der Waals surface area (Å²) in [4.78, 5) is 47.3. The average molecular weight is 527 g/mol. The second-order valence-corrected chi connectivity index (χ2v) is 12.1. The van der Waals surface area contributed by atoms with Crippen molar-refractivity contribution in [2.24, 2.45) is 0 Å². The lowest BCUT2D eigenvalue weighted by atomic mass is 10.2. The van der Waals surface area contributed by atoms with Gasteiger partial charge in [0.05, 0.1) is 6.61 Å². The van der Waals surface area contributed by atoms with Gasteiger partial charge in [-0.3, -0.25) is 9.69 Å². The van der Waals surface area contributed by atoms with Crippen LogP contribution in [0.25, 0.3) is 0 Å². The summed E-state index contributed by atoms with van der Waals surface area (Å²) in [5.74, 6) is 0.553. The highest BCUT2D eigenvalue weighted by molar-refractivity contribution is 8.01. The fourth-order valence-corrected chi connectivity index (χ4v) is 5.86. The smallest absolute Gasteiger partial charge is 0.410 e. The van der Waals surface area contributed by atoms with E-state index in [9.17, 15) is 14.4 Å². The summed E-state index contributed by atoms with van der Waals surface area (Å²) in [5.41, 5.74) is -0.135. The van der Waals surface area contributed by atoms with Gasteiger partial charge in [-0.1, -0.05) is 25.1 Å². The molecular formula is C24H38N4O5S2. The number of thiazole rings is 1. The summed E-state index contributed by atoms with van der Waals surface area (Å²) >= 11 is 3.00. The number of nitrogens with zero attached hydrogens (tertiary/aromatic N) is 4. The summed E-state index contributed by atoms with van der Waals surface area (Å²) in [6, 6.07) is 0.191. The predicted molar refractivity (Wildman–Crippen MR) is 137 cm³/mol. The maximum atomic E-state index is 12.5. The van der Waals surface area contributed by atoms with Gasteiger partial charge in [-0.25, -0.2) is 14.6 Å². The van der Waals surface area contributed by atoms with E-state index >= 15 is 0 Å². The molecule has 0 spiro atoms. The molecule has 35 heavy (non-hydrogen) atoms. The molecule has 0 saturated carbocycles. The first kappa shape index (κ1) is 27.7. The number of unbranched alkanes of at least 4 members (excludes halogenated alkanes) is 1. The first-order chi connectivity index (χ1) is 16.7. The highest BCUT2D eigenvalue weighted by Crippen LogP contribution is 2.26. The Labute approximate surface area is 216 Å². The van der Waals surface area contributed by atoms with Gasteiger partial charge in [-0.2, -0.15) is 0 Å². The van der Waals surface area contributed by atoms with Gasteiger partial charge < -0.3 is 19.3 Å². The zero-order valence-electron chi connectivity index (χ0n) is 21.3. The van der Waals surface area contributed by atoms with Crippen LogP contribution in [0.1, 0.15) is 63.9 Å². The molecule has 2 saturated heterocycles. The number of thioether (sulfide) groups is 1. The molecule has 11 heteroatoms. The number of likely N-dealkylation sites (tertiary alicyclic amines) is 1. The second kappa shape index (κ2) is 12.9. The fraction of sp³-hybridized carbons (Fsp3) is 0.750. The molecule has 2 fully saturated rings. The Bertz CT molecular complexity index is 864. The molecule has 0 aliphatic carbocycles. The monoisotopic (exact) mass is 526 g/mol. The van der Waals surface area contributed by atoms with Crippen LogP contribution in [0.4, 0.5) is 4.79 Å². The van der Waals surface area contributed by atoms with Crippen molar-refractivity contribution in [3.63, 3.8) is 0 Å². The maximum Gasteiger partial charge on any atom is 0.410 e. The zero-order valence-corrected chi connectivity index (χ0v) is 22.9. The van der Waals surface area contributed by atoms with Gasteiger partial charge in [0, 0.05) is 62.9 Å². The van der Waals surface area contributed by atoms with E-state index in [-0.39, 0.29) is 24.0 Å². The number of hydrogen-bond donors (Lipinski definition) is 0. The second-order valence-electron chi connectivity index (χ2n) is 9.88. The maximum absolute atomic E-state index is 12.5. The van der Waals surface area contributed by atoms with Crippen LogP contribution in [0, 0.1) is 0 Å². The Balaban J connectivity index is 1.41. The van der Waals surface area contributed by atoms with Crippen LogP contribution < -0.4 is 0 Å². The lowest BCUT2D eigenvalue weighted by molar-refractivity contribution is -0.128. The molecule has 1 atom stereocenters. The number of hydrogen-bond acceptors (Lipinski definition) is 9. The minimum Gasteiger partial charge on any atom is -0.461 e. The van der Waals surface area contributed by atoms with Crippen molar-refractivity contribution in [3.05, 3.63) is 11.1 Å². The van der Waals surface area contributed by atoms with Gasteiger partial charge in [0.1, 0.15) is 5.60 Å². The third kappa shape index (κ3) is 8.64. The van der Waals surface area contributed by atoms with E-state index in [0.29, 0.717) is 38.4 Å². The van der Waals surface area contributed by atoms with E-state index in [4.69, 9.17) is 9.47 Å². The van der Waals surface area contributed by atoms with E-state index in [2.05, 4.69) is 9.88 Å². The third-order valence-electron chi connectivity index (χ3n) is 5.93. The molecule has 1 aromatic rings. The van der Waals surface area contributed by atoms with Crippen molar-refractivity contribution in [2.75, 3.05) is 51.6 Å². The van der Waals surface area contributed by atoms with Crippen LogP contribution >= 0.6 is 23.1 Å². The van der Waals surface area contributed by atoms with E-state index in [1.165, 1.54) is 11.3 Å². The van der Waals surface area contributed by atoms with Crippen LogP contribution in [0.2, 0.25) is 0 Å². The Morgan fingerprint density at radius 2 is 1.97 bits per heavy atom. The number of carbonyl (C=O) groups is 3. The van der Waals surface area contributed by atoms with Crippen LogP contribution in [0.5, 0.6) is 0 Å². The largest absolute Gasteiger partial charge is 0.461 e. The Morgan fingerprint density at radius 1 is 1.23 bits per heavy atom. The molecule has 0 radical (unpaired) electrons. The first-order valence-electron chi connectivity index (χ1n) is 12.4. The van der Waals surface area contributed by atoms with Gasteiger partial charge in [0.15, 0.2) is 10.0 Å². The van der Waals surface area contributed by atoms with Gasteiger partial charge in [-0.05, 0) is 33.6 Å². The quantitative estimate of drug-likeness (QED) is 0.259. The van der Waals surface area contributed by atoms with Crippen molar-refractivity contribution in [1.82, 2.24) is 19.7 Å². The lowest BCUT2D eigenvalue weighted by Gasteiger charge is -2.37. The lowest BCUT2D eigenvalue weighted by Crippen LogP contribution is -2.53. The molecule has 2 aliphatic heterocycles. The molecule has 3 heterocycles. The summed E-state index contributed by atoms with van der Waals surface area (Å²) < 4.78 is 11.5. The molecule has 1 aromatic heterocycles. The van der Waals surface area contributed by atoms with E-state index in [1.54, 1.807) is 22.0 Å². The number of ether oxygens (including phenoxy) is 2. The highest BCUT2D eigenvalue weighted by Gasteiger charge is 2.33. The minimum absolute atomic E-state index is 0.191. The molecule has 196 valence electrons. The molecule has 3 rings (SSSR count). The summed E-state index contributed by atoms with van der Waals surface area (Å²) in [7, 11) is 0. The molecular weight excluding hydrogens is 488 g/mol. The molecule has 2 amide bonds. The van der Waals surface area contributed by atoms with Crippen LogP contribution in [-0.4, -0.2) is 101 Å². The van der Waals surface area contributed by atoms with E-state index < -0.39 is 5.60 Å². The first-order valence-corrected chi connectivity index (χ1v) is 14.3. The molecule has 0 N–H and O–H groups in total. The van der Waals surface area contributed by atoms with Crippen molar-refractivity contribution < 1.29 is 23.9 Å². The van der Waals surface area contributed by atoms with Crippen molar-refractivity contribution in [1.29, 1.82) is 0 Å². The van der Waals surface area contributed by atoms with Crippen molar-refractivity contribution in [3.8, 4) is 0 Å². The van der Waals surface area contributed by atoms with Gasteiger partial charge in [-0.15, -0.1) is 11.3 Å². The topological polar surface area (TPSA) is 92.3 Å². The van der Waals surface area contributed by atoms with Crippen LogP contribution in [-0.2, 0) is 14.3 Å². The normalized spacial score (nSPS) is 19.3. The predicted octanol–water partition coefficient (Wildman–Crippen LogP) is 3.74. The fourth-order valence-electron chi connectivity index (χ4n) is 4.06. The summed E-state index contributed by atoms with van der Waals surface area (Å²) in [6.45, 7) is 12.4. The SMILES string of the molecule is CCCCOC(=O)c1csc(SCCN2C(=O)CCC2CN2CCN(C(=O)OC(C)(C)C)CC2)n1. The average Bonchev–Trinajstić information content (AvgIpc) is 3.41. The highest BCUT2D eigenvalue weighted by atomic mass is 32.2. The summed E-state index contributed by atoms with van der Waals surface area (Å²) in [6.07, 6.45) is 3.01. The molecule has 2 aliphatic rings. The molecule has 0 bridgehead atoms. The van der Waals surface area contributed by atoms with Gasteiger partial charge in [0.2, 0.25) is 5.91 Å². The Kier molecular flexibility index (Phi) is 10.2. The zero-order chi connectivity index (χ0) is 25.4. The number of amides is 2. The van der Waals surface area contributed by atoms with Gasteiger partial charge in [0.25, 0.3) is 0 Å². The minimum atomic E-state index is -0.491. The number of aromatic nitrogens is 1. The third-order valence-corrected chi connectivity index (χ3v) is 7.93. The van der Waals surface area contributed by atoms with Crippen LogP contribution in [0.15, 0.2) is 9.72 Å². The van der Waals surface area contributed by atoms with Crippen molar-refractivity contribution in [2.45, 2.75) is 69.4 Å². The van der Waals surface area contributed by atoms with E-state index in [0.717, 1.165) is 49.0 Å². The van der Waals surface area contributed by atoms with Crippen LogP contribution in [0.3, 0.4) is 0 Å². The van der Waals surface area contributed by atoms with Gasteiger partial charge >= 0.3 is 12.1 Å². The standard InChI is InChI=1S/C24H38N4O5S2/c1-5-6-14-32-21(30)19-17-35-22(25-19)34-15-13-28-18(7-8-20(28)29)16-26-9-11-27(12-10-26)23(31)33-24(2,3)4/h17-18H,5-16H2,1-4H3. The van der Waals surface area contributed by atoms with Crippen molar-refractivity contribution >= 4 is 41.1 Å². The molecule has 1 unspecified atom stereocenters. The Hall–Kier alpha value is -1.85. The molecule has 0 aromatic carbocycles. The Morgan fingerprint density at radius 3 is 2.66 bits per heavy atom. The number of piperazine rings is 1.